The number of hydrazine groups is 1. The molecular formula is C32H30Cl2N4O8. The van der Waals surface area contributed by atoms with Crippen LogP contribution in [0.2, 0.25) is 10.0 Å². The number of nitrogens with one attached hydrogen (secondary N) is 2. The molecule has 2 aliphatic rings. The SMILES string of the molecule is O=C(N[C@H]1CCC(=O)N2CCC[C@@H](C(=O)N[C@@H](Cc3ccccc3)C(=O)COC(=O)c3c(Cl)cccc3Cl)N2C1=O)c1ccco1. The molecule has 2 saturated heterocycles. The van der Waals surface area contributed by atoms with Gasteiger partial charge in [-0.3, -0.25) is 29.0 Å². The number of esters is 1. The lowest BCUT2D eigenvalue weighted by molar-refractivity contribution is -0.176. The topological polar surface area (TPSA) is 155 Å². The maximum atomic E-state index is 13.8. The fraction of sp³-hybridized carbons (Fsp3) is 0.312. The Bertz CT molecular complexity index is 1610. The van der Waals surface area contributed by atoms with Crippen LogP contribution in [0, 0.1) is 0 Å². The number of rotatable bonds is 10. The van der Waals surface area contributed by atoms with Crippen LogP contribution < -0.4 is 10.6 Å². The number of halogens is 2. The van der Waals surface area contributed by atoms with Crippen LogP contribution >= 0.6 is 23.2 Å². The molecule has 0 radical (unpaired) electrons. The number of fused-ring (bicyclic) bond motifs is 1. The highest BCUT2D eigenvalue weighted by molar-refractivity contribution is 6.39. The molecule has 46 heavy (non-hydrogen) atoms. The number of Topliss-reactive ketones (excluding diaryl/α,β-unsaturated/α-hetero) is 1. The lowest BCUT2D eigenvalue weighted by atomic mass is 10.0. The molecule has 3 heterocycles. The van der Waals surface area contributed by atoms with E-state index in [0.29, 0.717) is 12.0 Å². The zero-order valence-corrected chi connectivity index (χ0v) is 26.0. The van der Waals surface area contributed by atoms with Crippen molar-refractivity contribution in [2.75, 3.05) is 13.2 Å². The average molecular weight is 670 g/mol. The highest BCUT2D eigenvalue weighted by Gasteiger charge is 2.45. The standard InChI is InChI=1S/C32H30Cl2N4O8/c33-20-9-4-10-21(34)28(20)32(44)46-18-25(39)23(17-19-7-2-1-3-8-19)36-29(41)24-11-5-15-37-27(40)14-13-22(31(43)38(24)37)35-30(42)26-12-6-16-45-26/h1-4,6-10,12,16,22-24H,5,11,13-15,17-18H2,(H,35,42)(H,36,41)/t22-,23-,24-/m0/s1. The molecule has 0 spiro atoms. The molecule has 3 atom stereocenters. The summed E-state index contributed by atoms with van der Waals surface area (Å²) in [4.78, 5) is 79.5. The van der Waals surface area contributed by atoms with Crippen LogP contribution in [0.4, 0.5) is 0 Å². The number of carbonyl (C=O) groups excluding carboxylic acids is 6. The molecule has 12 nitrogen and oxygen atoms in total. The van der Waals surface area contributed by atoms with Crippen molar-refractivity contribution in [3.8, 4) is 0 Å². The van der Waals surface area contributed by atoms with Gasteiger partial charge in [-0.1, -0.05) is 59.6 Å². The first-order valence-corrected chi connectivity index (χ1v) is 15.4. The van der Waals surface area contributed by atoms with Crippen LogP contribution in [0.15, 0.2) is 71.3 Å². The van der Waals surface area contributed by atoms with E-state index in [-0.39, 0.29) is 59.5 Å². The van der Waals surface area contributed by atoms with E-state index in [1.165, 1.54) is 35.5 Å². The molecular weight excluding hydrogens is 639 g/mol. The lowest BCUT2D eigenvalue weighted by Crippen LogP contribution is -2.64. The fourth-order valence-electron chi connectivity index (χ4n) is 5.41. The van der Waals surface area contributed by atoms with Gasteiger partial charge in [0.1, 0.15) is 12.1 Å². The van der Waals surface area contributed by atoms with E-state index in [4.69, 9.17) is 32.4 Å². The minimum atomic E-state index is -1.16. The Hall–Kier alpha value is -4.68. The molecule has 0 bridgehead atoms. The Kier molecular flexibility index (Phi) is 10.4. The molecule has 0 aliphatic carbocycles. The first kappa shape index (κ1) is 32.7. The third kappa shape index (κ3) is 7.40. The Labute approximate surface area is 273 Å². The van der Waals surface area contributed by atoms with Gasteiger partial charge in [0.2, 0.25) is 11.8 Å². The molecule has 2 fully saturated rings. The lowest BCUT2D eigenvalue weighted by Gasteiger charge is -2.43. The van der Waals surface area contributed by atoms with Gasteiger partial charge in [0.25, 0.3) is 11.8 Å². The van der Waals surface area contributed by atoms with E-state index in [2.05, 4.69) is 10.6 Å². The van der Waals surface area contributed by atoms with Gasteiger partial charge < -0.3 is 19.8 Å². The number of hydrogen-bond acceptors (Lipinski definition) is 8. The van der Waals surface area contributed by atoms with Crippen molar-refractivity contribution in [1.82, 2.24) is 20.7 Å². The molecule has 240 valence electrons. The second-order valence-electron chi connectivity index (χ2n) is 10.8. The summed E-state index contributed by atoms with van der Waals surface area (Å²) in [5, 5.41) is 7.76. The predicted octanol–water partition coefficient (Wildman–Crippen LogP) is 3.37. The Balaban J connectivity index is 1.34. The fourth-order valence-corrected chi connectivity index (χ4v) is 5.96. The van der Waals surface area contributed by atoms with Crippen molar-refractivity contribution in [3.05, 3.63) is 93.9 Å². The number of benzene rings is 2. The number of ether oxygens (including phenoxy) is 1. The number of nitrogens with zero attached hydrogens (tertiary/aromatic N) is 2. The molecule has 2 N–H and O–H groups in total. The maximum Gasteiger partial charge on any atom is 0.341 e. The number of hydrogen-bond donors (Lipinski definition) is 2. The number of carbonyl (C=O) groups is 6. The summed E-state index contributed by atoms with van der Waals surface area (Å²) in [5.41, 5.74) is 0.622. The Morgan fingerprint density at radius 3 is 2.39 bits per heavy atom. The van der Waals surface area contributed by atoms with Crippen molar-refractivity contribution in [2.24, 2.45) is 0 Å². The van der Waals surface area contributed by atoms with Crippen LogP contribution in [0.5, 0.6) is 0 Å². The summed E-state index contributed by atoms with van der Waals surface area (Å²) in [6.45, 7) is -0.489. The summed E-state index contributed by atoms with van der Waals surface area (Å²) < 4.78 is 10.4. The third-order valence-corrected chi connectivity index (χ3v) is 8.34. The van der Waals surface area contributed by atoms with E-state index in [1.807, 2.05) is 0 Å². The minimum Gasteiger partial charge on any atom is -0.459 e. The predicted molar refractivity (Wildman–Crippen MR) is 165 cm³/mol. The molecule has 14 heteroatoms. The first-order valence-electron chi connectivity index (χ1n) is 14.6. The zero-order chi connectivity index (χ0) is 32.8. The quantitative estimate of drug-likeness (QED) is 0.312. The zero-order valence-electron chi connectivity index (χ0n) is 24.4. The van der Waals surface area contributed by atoms with E-state index < -0.39 is 54.2 Å². The number of furan rings is 1. The Morgan fingerprint density at radius 1 is 0.957 bits per heavy atom. The third-order valence-electron chi connectivity index (χ3n) is 7.71. The summed E-state index contributed by atoms with van der Waals surface area (Å²) in [7, 11) is 0. The average Bonchev–Trinajstić information content (AvgIpc) is 3.57. The van der Waals surface area contributed by atoms with Crippen molar-refractivity contribution in [1.29, 1.82) is 0 Å². The van der Waals surface area contributed by atoms with Crippen LogP contribution in [0.3, 0.4) is 0 Å². The number of amides is 4. The van der Waals surface area contributed by atoms with Crippen molar-refractivity contribution < 1.29 is 37.9 Å². The molecule has 0 saturated carbocycles. The summed E-state index contributed by atoms with van der Waals surface area (Å²) >= 11 is 12.2. The Morgan fingerprint density at radius 2 is 1.70 bits per heavy atom. The first-order chi connectivity index (χ1) is 22.1. The smallest absolute Gasteiger partial charge is 0.341 e. The van der Waals surface area contributed by atoms with Gasteiger partial charge in [-0.15, -0.1) is 0 Å². The number of ketones is 1. The molecule has 2 aromatic carbocycles. The monoisotopic (exact) mass is 668 g/mol. The molecule has 2 aliphatic heterocycles. The highest BCUT2D eigenvalue weighted by atomic mass is 35.5. The summed E-state index contributed by atoms with van der Waals surface area (Å²) in [6.07, 6.45) is 2.00. The molecule has 3 aromatic rings. The van der Waals surface area contributed by atoms with E-state index in [9.17, 15) is 28.8 Å². The van der Waals surface area contributed by atoms with Crippen LogP contribution in [0.25, 0.3) is 0 Å². The maximum absolute atomic E-state index is 13.8. The molecule has 5 rings (SSSR count). The second-order valence-corrected chi connectivity index (χ2v) is 11.6. The van der Waals surface area contributed by atoms with Gasteiger partial charge in [0.05, 0.1) is 27.9 Å². The van der Waals surface area contributed by atoms with Crippen molar-refractivity contribution in [2.45, 2.75) is 50.2 Å². The van der Waals surface area contributed by atoms with Gasteiger partial charge in [0.15, 0.2) is 18.2 Å². The van der Waals surface area contributed by atoms with E-state index in [1.54, 1.807) is 36.4 Å². The minimum absolute atomic E-state index is 0.00654. The van der Waals surface area contributed by atoms with Gasteiger partial charge in [-0.05, 0) is 55.5 Å². The van der Waals surface area contributed by atoms with Gasteiger partial charge in [-0.2, -0.15) is 0 Å². The van der Waals surface area contributed by atoms with Gasteiger partial charge in [-0.25, -0.2) is 9.80 Å². The summed E-state index contributed by atoms with van der Waals surface area (Å²) in [5.74, 6) is -3.86. The highest BCUT2D eigenvalue weighted by Crippen LogP contribution is 2.27. The molecule has 0 unspecified atom stereocenters. The van der Waals surface area contributed by atoms with E-state index in [0.717, 1.165) is 5.01 Å². The van der Waals surface area contributed by atoms with Crippen LogP contribution in [-0.4, -0.2) is 76.7 Å². The van der Waals surface area contributed by atoms with Crippen molar-refractivity contribution >= 4 is 58.6 Å². The van der Waals surface area contributed by atoms with Crippen LogP contribution in [-0.2, 0) is 30.3 Å². The van der Waals surface area contributed by atoms with Gasteiger partial charge >= 0.3 is 5.97 Å². The molecule has 1 aromatic heterocycles. The largest absolute Gasteiger partial charge is 0.459 e. The summed E-state index contributed by atoms with van der Waals surface area (Å²) in [6, 6.07) is 12.9. The van der Waals surface area contributed by atoms with E-state index >= 15 is 0 Å². The second kappa shape index (κ2) is 14.6. The normalized spacial score (nSPS) is 18.7. The van der Waals surface area contributed by atoms with Crippen molar-refractivity contribution in [3.63, 3.8) is 0 Å². The van der Waals surface area contributed by atoms with Crippen LogP contribution in [0.1, 0.15) is 52.2 Å². The van der Waals surface area contributed by atoms with Gasteiger partial charge in [0, 0.05) is 13.0 Å². The molecule has 4 amide bonds.